The first-order chi connectivity index (χ1) is 10.8. The van der Waals surface area contributed by atoms with E-state index in [2.05, 4.69) is 40.7 Å². The van der Waals surface area contributed by atoms with E-state index in [1.54, 1.807) is 6.07 Å². The fourth-order valence-electron chi connectivity index (χ4n) is 2.74. The monoisotopic (exact) mass is 423 g/mol. The smallest absolute Gasteiger partial charge is 1.00 e. The number of allylic oxidation sites excluding steroid dienone is 4. The van der Waals surface area contributed by atoms with Gasteiger partial charge in [0.15, 0.2) is 0 Å². The van der Waals surface area contributed by atoms with Gasteiger partial charge in [0.05, 0.1) is 0 Å². The van der Waals surface area contributed by atoms with Crippen LogP contribution in [0.2, 0.25) is 0 Å². The Kier molecular flexibility index (Phi) is 12.2. The van der Waals surface area contributed by atoms with Crippen molar-refractivity contribution in [3.8, 4) is 16.9 Å². The summed E-state index contributed by atoms with van der Waals surface area (Å²) in [6.45, 7) is 10.9. The minimum Gasteiger partial charge on any atom is -1.00 e. The summed E-state index contributed by atoms with van der Waals surface area (Å²) in [7, 11) is 0. The third kappa shape index (κ3) is 6.63. The van der Waals surface area contributed by atoms with Gasteiger partial charge in [-0.2, -0.15) is 11.1 Å². The fourth-order valence-corrected chi connectivity index (χ4v) is 2.74. The summed E-state index contributed by atoms with van der Waals surface area (Å²) in [5, 5.41) is 9.56. The quantitative estimate of drug-likeness (QED) is 0.512. The Balaban J connectivity index is 0. The van der Waals surface area contributed by atoms with Crippen molar-refractivity contribution in [2.24, 2.45) is 5.41 Å². The Labute approximate surface area is 185 Å². The van der Waals surface area contributed by atoms with Gasteiger partial charge in [0.25, 0.3) is 0 Å². The molecule has 1 radical (unpaired) electrons. The van der Waals surface area contributed by atoms with Crippen molar-refractivity contribution < 1.29 is 51.6 Å². The molecule has 3 rings (SSSR count). The van der Waals surface area contributed by atoms with E-state index in [1.807, 2.05) is 48.5 Å². The summed E-state index contributed by atoms with van der Waals surface area (Å²) >= 11 is 0. The Hall–Kier alpha value is -0.986. The van der Waals surface area contributed by atoms with Gasteiger partial charge in [-0.3, -0.25) is 6.08 Å². The molecule has 0 saturated heterocycles. The van der Waals surface area contributed by atoms with Crippen LogP contribution < -0.4 is 24.8 Å². The second-order valence-electron chi connectivity index (χ2n) is 6.51. The predicted octanol–water partition coefficient (Wildman–Crippen LogP) is 0.177. The first kappa shape index (κ1) is 27.2. The molecule has 1 aliphatic rings. The van der Waals surface area contributed by atoms with Crippen LogP contribution in [0.3, 0.4) is 0 Å². The first-order valence-corrected chi connectivity index (χ1v) is 7.96. The Morgan fingerprint density at radius 3 is 1.69 bits per heavy atom. The number of para-hydroxylation sites is 1. The van der Waals surface area contributed by atoms with Crippen molar-refractivity contribution in [2.75, 3.05) is 0 Å². The molecule has 0 heterocycles. The molecule has 1 aliphatic carbocycles. The molecule has 0 fully saturated rings. The van der Waals surface area contributed by atoms with Gasteiger partial charge in [0, 0.05) is 5.56 Å². The summed E-state index contributed by atoms with van der Waals surface area (Å²) in [6.07, 6.45) is 3.44. The van der Waals surface area contributed by atoms with Crippen LogP contribution in [0.15, 0.2) is 71.3 Å². The van der Waals surface area contributed by atoms with Gasteiger partial charge >= 0.3 is 21.7 Å². The maximum absolute atomic E-state index is 9.56. The standard InChI is InChI=1S/C12H10O.C10H15.2ClH.Ti/c13-12-9-5-4-8-11(12)10-6-2-1-3-7-10;1-7-6-10(4,5)9(3)8(7)2;;;/h1-9,13H;1-5H3;2*1H;/q;-1;;;+3/p-2. The van der Waals surface area contributed by atoms with Crippen LogP contribution in [0.5, 0.6) is 5.75 Å². The molecule has 0 amide bonds. The van der Waals surface area contributed by atoms with Gasteiger partial charge in [-0.1, -0.05) is 81.6 Å². The maximum atomic E-state index is 9.56. The number of aromatic hydroxyl groups is 1. The van der Waals surface area contributed by atoms with Gasteiger partial charge in [-0.25, -0.2) is 5.57 Å². The minimum absolute atomic E-state index is 0. The molecule has 0 aromatic heterocycles. The van der Waals surface area contributed by atoms with E-state index in [-0.39, 0.29) is 51.9 Å². The van der Waals surface area contributed by atoms with Gasteiger partial charge < -0.3 is 29.9 Å². The molecule has 2 aromatic carbocycles. The average molecular weight is 424 g/mol. The number of phenols is 1. The van der Waals surface area contributed by atoms with Crippen molar-refractivity contribution in [3.05, 3.63) is 77.4 Å². The summed E-state index contributed by atoms with van der Waals surface area (Å²) in [5.41, 5.74) is 6.31. The summed E-state index contributed by atoms with van der Waals surface area (Å²) in [4.78, 5) is 0. The predicted molar refractivity (Wildman–Crippen MR) is 98.1 cm³/mol. The van der Waals surface area contributed by atoms with E-state index in [0.717, 1.165) is 11.1 Å². The Morgan fingerprint density at radius 1 is 0.808 bits per heavy atom. The zero-order valence-electron chi connectivity index (χ0n) is 15.9. The molecule has 26 heavy (non-hydrogen) atoms. The van der Waals surface area contributed by atoms with Gasteiger partial charge in [0.1, 0.15) is 5.75 Å². The van der Waals surface area contributed by atoms with Crippen LogP contribution in [0.1, 0.15) is 34.6 Å². The molecule has 4 heteroatoms. The molecule has 0 bridgehead atoms. The maximum Gasteiger partial charge on any atom is 3.00 e. The second-order valence-corrected chi connectivity index (χ2v) is 6.51. The van der Waals surface area contributed by atoms with E-state index >= 15 is 0 Å². The van der Waals surface area contributed by atoms with Crippen LogP contribution in [0.25, 0.3) is 11.1 Å². The number of phenolic OH excluding ortho intramolecular Hbond substituents is 1. The minimum atomic E-state index is 0. The molecule has 1 N–H and O–H groups in total. The van der Waals surface area contributed by atoms with Crippen LogP contribution in [-0.4, -0.2) is 5.11 Å². The van der Waals surface area contributed by atoms with E-state index < -0.39 is 0 Å². The van der Waals surface area contributed by atoms with Crippen LogP contribution in [-0.2, 0) is 21.7 Å². The number of benzene rings is 2. The van der Waals surface area contributed by atoms with E-state index in [0.29, 0.717) is 5.75 Å². The molecule has 2 aromatic rings. The zero-order valence-corrected chi connectivity index (χ0v) is 19.0. The SMILES string of the molecule is CC1=[C-]C(C)(C)C(C)=C1C.Oc1ccccc1-c1ccccc1.[Cl-].[Cl-].[Ti+3]. The van der Waals surface area contributed by atoms with Gasteiger partial charge in [-0.05, 0) is 11.6 Å². The fraction of sp³-hybridized carbons (Fsp3) is 0.273. The van der Waals surface area contributed by atoms with Crippen molar-refractivity contribution in [1.82, 2.24) is 0 Å². The van der Waals surface area contributed by atoms with Gasteiger partial charge in [0.2, 0.25) is 0 Å². The van der Waals surface area contributed by atoms with Crippen LogP contribution in [0, 0.1) is 11.5 Å². The molecule has 0 spiro atoms. The molecule has 0 saturated carbocycles. The summed E-state index contributed by atoms with van der Waals surface area (Å²) in [6, 6.07) is 17.2. The summed E-state index contributed by atoms with van der Waals surface area (Å²) < 4.78 is 0. The molecule has 1 nitrogen and oxygen atoms in total. The van der Waals surface area contributed by atoms with Gasteiger partial charge in [-0.15, -0.1) is 6.92 Å². The third-order valence-corrected chi connectivity index (χ3v) is 4.55. The number of rotatable bonds is 1. The Bertz CT molecular complexity index is 750. The second kappa shape index (κ2) is 11.7. The average Bonchev–Trinajstić information content (AvgIpc) is 2.71. The third-order valence-electron chi connectivity index (χ3n) is 4.55. The summed E-state index contributed by atoms with van der Waals surface area (Å²) in [5.74, 6) is 0.328. The first-order valence-electron chi connectivity index (χ1n) is 7.96. The Morgan fingerprint density at radius 2 is 1.31 bits per heavy atom. The molecular formula is C22H25Cl2OTi. The van der Waals surface area contributed by atoms with Crippen molar-refractivity contribution >= 4 is 0 Å². The molecule has 0 aliphatic heterocycles. The van der Waals surface area contributed by atoms with Crippen molar-refractivity contribution in [1.29, 1.82) is 0 Å². The number of hydrogen-bond donors (Lipinski definition) is 1. The molecular weight excluding hydrogens is 399 g/mol. The topological polar surface area (TPSA) is 20.2 Å². The number of halogens is 2. The van der Waals surface area contributed by atoms with E-state index in [9.17, 15) is 5.11 Å². The van der Waals surface area contributed by atoms with Crippen molar-refractivity contribution in [2.45, 2.75) is 34.6 Å². The van der Waals surface area contributed by atoms with Crippen molar-refractivity contribution in [3.63, 3.8) is 0 Å². The van der Waals surface area contributed by atoms with Crippen LogP contribution in [0.4, 0.5) is 0 Å². The zero-order chi connectivity index (χ0) is 17.0. The number of hydrogen-bond acceptors (Lipinski definition) is 1. The largest absolute Gasteiger partial charge is 3.00 e. The van der Waals surface area contributed by atoms with E-state index in [1.165, 1.54) is 16.7 Å². The molecule has 0 unspecified atom stereocenters. The van der Waals surface area contributed by atoms with Crippen LogP contribution >= 0.6 is 0 Å². The molecule has 137 valence electrons. The normalized spacial score (nSPS) is 14.0. The molecule has 0 atom stereocenters. The van der Waals surface area contributed by atoms with E-state index in [4.69, 9.17) is 0 Å².